The maximum absolute atomic E-state index is 11.6. The predicted octanol–water partition coefficient (Wildman–Crippen LogP) is 2.21. The first-order valence-electron chi connectivity index (χ1n) is 7.86. The molecule has 1 aromatic rings. The third-order valence-corrected chi connectivity index (χ3v) is 3.64. The van der Waals surface area contributed by atoms with Crippen LogP contribution in [0, 0.1) is 5.92 Å². The Morgan fingerprint density at radius 1 is 1.36 bits per heavy atom. The van der Waals surface area contributed by atoms with Crippen LogP contribution in [0.2, 0.25) is 0 Å². The summed E-state index contributed by atoms with van der Waals surface area (Å²) in [5, 5.41) is 2.87. The zero-order valence-electron chi connectivity index (χ0n) is 13.7. The Labute approximate surface area is 132 Å². The Balaban J connectivity index is 1.66. The van der Waals surface area contributed by atoms with Crippen molar-refractivity contribution in [3.63, 3.8) is 0 Å². The van der Waals surface area contributed by atoms with E-state index in [0.717, 1.165) is 38.2 Å². The molecule has 0 bridgehead atoms. The van der Waals surface area contributed by atoms with Crippen LogP contribution >= 0.6 is 0 Å². The number of hydrogen-bond acceptors (Lipinski definition) is 5. The maximum Gasteiger partial charge on any atom is 0.407 e. The molecule has 1 amide bonds. The number of carbonyl (C=O) groups excluding carboxylic acids is 1. The molecule has 22 heavy (non-hydrogen) atoms. The number of nitrogens with zero attached hydrogens (tertiary/aromatic N) is 3. The summed E-state index contributed by atoms with van der Waals surface area (Å²) >= 11 is 0. The fraction of sp³-hybridized carbons (Fsp3) is 0.688. The molecule has 0 aliphatic carbocycles. The van der Waals surface area contributed by atoms with E-state index >= 15 is 0 Å². The lowest BCUT2D eigenvalue weighted by molar-refractivity contribution is 0.0509. The van der Waals surface area contributed by atoms with Crippen molar-refractivity contribution in [1.29, 1.82) is 0 Å². The molecule has 1 fully saturated rings. The van der Waals surface area contributed by atoms with E-state index in [2.05, 4.69) is 20.2 Å². The zero-order valence-corrected chi connectivity index (χ0v) is 13.7. The van der Waals surface area contributed by atoms with Crippen LogP contribution in [0.3, 0.4) is 0 Å². The van der Waals surface area contributed by atoms with Gasteiger partial charge in [-0.1, -0.05) is 0 Å². The summed E-state index contributed by atoms with van der Waals surface area (Å²) in [6.07, 6.45) is 7.07. The van der Waals surface area contributed by atoms with Crippen molar-refractivity contribution in [3.05, 3.63) is 24.3 Å². The Hall–Kier alpha value is -1.69. The minimum absolute atomic E-state index is 0.325. The maximum atomic E-state index is 11.6. The number of likely N-dealkylation sites (tertiary alicyclic amines) is 1. The number of ether oxygens (including phenoxy) is 1. The number of alkyl carbamates (subject to hydrolysis) is 1. The monoisotopic (exact) mass is 306 g/mol. The van der Waals surface area contributed by atoms with Crippen LogP contribution in [0.1, 0.15) is 39.3 Å². The number of rotatable bonds is 4. The van der Waals surface area contributed by atoms with E-state index in [-0.39, 0.29) is 6.09 Å². The molecular formula is C16H26N4O2. The van der Waals surface area contributed by atoms with Gasteiger partial charge in [0.15, 0.2) is 0 Å². The molecule has 1 N–H and O–H groups in total. The smallest absolute Gasteiger partial charge is 0.407 e. The van der Waals surface area contributed by atoms with Crippen LogP contribution in [-0.2, 0) is 11.3 Å². The van der Waals surface area contributed by atoms with Crippen molar-refractivity contribution < 1.29 is 9.53 Å². The first-order valence-corrected chi connectivity index (χ1v) is 7.86. The number of nitrogens with one attached hydrogen (secondary N) is 1. The van der Waals surface area contributed by atoms with Gasteiger partial charge in [-0.3, -0.25) is 14.9 Å². The molecule has 0 aromatic carbocycles. The van der Waals surface area contributed by atoms with Gasteiger partial charge in [0.05, 0.1) is 5.69 Å². The SMILES string of the molecule is CC(C)(C)OC(=O)NCC1CCN(Cc2cnccn2)CC1. The summed E-state index contributed by atoms with van der Waals surface area (Å²) in [6.45, 7) is 9.20. The lowest BCUT2D eigenvalue weighted by Gasteiger charge is -2.31. The molecule has 2 heterocycles. The van der Waals surface area contributed by atoms with Crippen molar-refractivity contribution in [1.82, 2.24) is 20.2 Å². The summed E-state index contributed by atoms with van der Waals surface area (Å²) in [5.74, 6) is 0.519. The average Bonchev–Trinajstić information content (AvgIpc) is 2.46. The quantitative estimate of drug-likeness (QED) is 0.924. The van der Waals surface area contributed by atoms with E-state index in [1.54, 1.807) is 12.4 Å². The molecule has 1 aromatic heterocycles. The number of piperidine rings is 1. The van der Waals surface area contributed by atoms with Gasteiger partial charge >= 0.3 is 6.09 Å². The van der Waals surface area contributed by atoms with Crippen LogP contribution in [0.15, 0.2) is 18.6 Å². The van der Waals surface area contributed by atoms with E-state index in [0.29, 0.717) is 12.5 Å². The topological polar surface area (TPSA) is 67.3 Å². The van der Waals surface area contributed by atoms with Gasteiger partial charge in [-0.25, -0.2) is 4.79 Å². The highest BCUT2D eigenvalue weighted by Gasteiger charge is 2.21. The standard InChI is InChI=1S/C16H26N4O2/c1-16(2,3)22-15(21)19-10-13-4-8-20(9-5-13)12-14-11-17-6-7-18-14/h6-7,11,13H,4-5,8-10,12H2,1-3H3,(H,19,21). The molecule has 1 aliphatic heterocycles. The summed E-state index contributed by atoms with van der Waals surface area (Å²) in [6, 6.07) is 0. The Morgan fingerprint density at radius 2 is 2.09 bits per heavy atom. The molecule has 122 valence electrons. The van der Waals surface area contributed by atoms with Gasteiger partial charge in [-0.2, -0.15) is 0 Å². The average molecular weight is 306 g/mol. The van der Waals surface area contributed by atoms with E-state index in [1.165, 1.54) is 0 Å². The summed E-state index contributed by atoms with van der Waals surface area (Å²) in [7, 11) is 0. The van der Waals surface area contributed by atoms with E-state index < -0.39 is 5.60 Å². The van der Waals surface area contributed by atoms with Crippen molar-refractivity contribution >= 4 is 6.09 Å². The fourth-order valence-electron chi connectivity index (χ4n) is 2.53. The van der Waals surface area contributed by atoms with Crippen LogP contribution in [-0.4, -0.2) is 46.2 Å². The summed E-state index contributed by atoms with van der Waals surface area (Å²) in [5.41, 5.74) is 0.567. The second-order valence-electron chi connectivity index (χ2n) is 6.80. The number of amides is 1. The molecule has 6 heteroatoms. The van der Waals surface area contributed by atoms with Gasteiger partial charge in [0.2, 0.25) is 0 Å². The predicted molar refractivity (Wildman–Crippen MR) is 84.3 cm³/mol. The van der Waals surface area contributed by atoms with Crippen molar-refractivity contribution in [2.75, 3.05) is 19.6 Å². The minimum Gasteiger partial charge on any atom is -0.444 e. The molecule has 6 nitrogen and oxygen atoms in total. The van der Waals surface area contributed by atoms with Crippen LogP contribution in [0.5, 0.6) is 0 Å². The molecule has 1 saturated heterocycles. The van der Waals surface area contributed by atoms with E-state index in [9.17, 15) is 4.79 Å². The first-order chi connectivity index (χ1) is 10.4. The van der Waals surface area contributed by atoms with Crippen LogP contribution in [0.25, 0.3) is 0 Å². The van der Waals surface area contributed by atoms with Gasteiger partial charge in [-0.15, -0.1) is 0 Å². The van der Waals surface area contributed by atoms with Crippen molar-refractivity contribution in [3.8, 4) is 0 Å². The number of aromatic nitrogens is 2. The third kappa shape index (κ3) is 5.97. The number of hydrogen-bond donors (Lipinski definition) is 1. The second-order valence-corrected chi connectivity index (χ2v) is 6.80. The number of carbonyl (C=O) groups is 1. The molecule has 0 spiro atoms. The molecule has 0 atom stereocenters. The highest BCUT2D eigenvalue weighted by molar-refractivity contribution is 5.67. The lowest BCUT2D eigenvalue weighted by atomic mass is 9.97. The lowest BCUT2D eigenvalue weighted by Crippen LogP contribution is -2.40. The summed E-state index contributed by atoms with van der Waals surface area (Å²) in [4.78, 5) is 22.4. The highest BCUT2D eigenvalue weighted by atomic mass is 16.6. The normalized spacial score (nSPS) is 17.2. The van der Waals surface area contributed by atoms with E-state index in [1.807, 2.05) is 27.0 Å². The molecule has 0 radical (unpaired) electrons. The zero-order chi connectivity index (χ0) is 16.0. The molecule has 1 aliphatic rings. The van der Waals surface area contributed by atoms with Crippen LogP contribution in [0.4, 0.5) is 4.79 Å². The van der Waals surface area contributed by atoms with E-state index in [4.69, 9.17) is 4.74 Å². The molecule has 2 rings (SSSR count). The molecule has 0 unspecified atom stereocenters. The minimum atomic E-state index is -0.440. The Bertz CT molecular complexity index is 465. The molecular weight excluding hydrogens is 280 g/mol. The van der Waals surface area contributed by atoms with Crippen molar-refractivity contribution in [2.45, 2.75) is 45.8 Å². The molecule has 0 saturated carbocycles. The van der Waals surface area contributed by atoms with Crippen LogP contribution < -0.4 is 5.32 Å². The second kappa shape index (κ2) is 7.54. The van der Waals surface area contributed by atoms with Crippen molar-refractivity contribution in [2.24, 2.45) is 5.92 Å². The third-order valence-electron chi connectivity index (χ3n) is 3.64. The highest BCUT2D eigenvalue weighted by Crippen LogP contribution is 2.18. The first kappa shape index (κ1) is 16.7. The van der Waals surface area contributed by atoms with Gasteiger partial charge in [0.25, 0.3) is 0 Å². The van der Waals surface area contributed by atoms with Gasteiger partial charge in [-0.05, 0) is 52.6 Å². The Morgan fingerprint density at radius 3 is 2.68 bits per heavy atom. The Kier molecular flexibility index (Phi) is 5.71. The fourth-order valence-corrected chi connectivity index (χ4v) is 2.53. The summed E-state index contributed by atoms with van der Waals surface area (Å²) < 4.78 is 5.25. The van der Waals surface area contributed by atoms with Gasteiger partial charge in [0.1, 0.15) is 5.60 Å². The largest absolute Gasteiger partial charge is 0.444 e. The van der Waals surface area contributed by atoms with Gasteiger partial charge < -0.3 is 10.1 Å². The van der Waals surface area contributed by atoms with Gasteiger partial charge in [0, 0.05) is 31.7 Å².